The summed E-state index contributed by atoms with van der Waals surface area (Å²) in [4.78, 5) is 0. The Balaban J connectivity index is 1.99. The summed E-state index contributed by atoms with van der Waals surface area (Å²) in [5.41, 5.74) is 3.85. The van der Waals surface area contributed by atoms with Gasteiger partial charge in [-0.3, -0.25) is 0 Å². The summed E-state index contributed by atoms with van der Waals surface area (Å²) in [6, 6.07) is 7.00. The number of anilines is 1. The summed E-state index contributed by atoms with van der Waals surface area (Å²) >= 11 is 0. The van der Waals surface area contributed by atoms with Crippen LogP contribution in [0.25, 0.3) is 0 Å². The Hall–Kier alpha value is -1.03. The molecule has 0 bridgehead atoms. The molecule has 2 rings (SSSR count). The number of rotatable bonds is 4. The molecule has 0 aliphatic carbocycles. The average Bonchev–Trinajstić information content (AvgIpc) is 2.27. The molecule has 0 saturated carbocycles. The van der Waals surface area contributed by atoms with Gasteiger partial charge in [-0.2, -0.15) is 0 Å². The second-order valence-corrected chi connectivity index (χ2v) is 7.57. The molecule has 1 aromatic carbocycles. The molecule has 0 amide bonds. The fraction of sp³-hybridized carbons (Fsp3) is 0.571. The van der Waals surface area contributed by atoms with E-state index in [1.165, 1.54) is 29.5 Å². The molecule has 1 aliphatic heterocycles. The summed E-state index contributed by atoms with van der Waals surface area (Å²) in [5, 5.41) is 3.47. The van der Waals surface area contributed by atoms with Crippen LogP contribution < -0.4 is 5.32 Å². The van der Waals surface area contributed by atoms with Gasteiger partial charge in [0.25, 0.3) is 0 Å². The molecule has 100 valence electrons. The van der Waals surface area contributed by atoms with Crippen LogP contribution in [0, 0.1) is 0 Å². The first-order valence-electron chi connectivity index (χ1n) is 6.50. The molecule has 1 atom stereocenters. The topological polar surface area (TPSA) is 46.2 Å². The molecule has 0 radical (unpaired) electrons. The van der Waals surface area contributed by atoms with Crippen LogP contribution in [0.1, 0.15) is 30.9 Å². The summed E-state index contributed by atoms with van der Waals surface area (Å²) in [6.45, 7) is 2.20. The van der Waals surface area contributed by atoms with Crippen molar-refractivity contribution in [3.63, 3.8) is 0 Å². The zero-order valence-electron chi connectivity index (χ0n) is 11.1. The Morgan fingerprint density at radius 3 is 2.89 bits per heavy atom. The highest BCUT2D eigenvalue weighted by Gasteiger charge is 2.14. The summed E-state index contributed by atoms with van der Waals surface area (Å²) < 4.78 is 22.2. The first kappa shape index (κ1) is 13.4. The molecular formula is C14H21NO2S. The minimum atomic E-state index is -2.83. The van der Waals surface area contributed by atoms with Crippen LogP contribution in [-0.4, -0.2) is 26.5 Å². The molecule has 1 heterocycles. The van der Waals surface area contributed by atoms with Crippen molar-refractivity contribution in [3.05, 3.63) is 29.3 Å². The fourth-order valence-electron chi connectivity index (χ4n) is 2.40. The van der Waals surface area contributed by atoms with Crippen molar-refractivity contribution in [1.82, 2.24) is 0 Å². The highest BCUT2D eigenvalue weighted by molar-refractivity contribution is 7.90. The predicted molar refractivity (Wildman–Crippen MR) is 75.9 cm³/mol. The van der Waals surface area contributed by atoms with Crippen molar-refractivity contribution in [2.24, 2.45) is 0 Å². The van der Waals surface area contributed by atoms with Gasteiger partial charge in [0.2, 0.25) is 0 Å². The largest absolute Gasteiger partial charge is 0.382 e. The lowest BCUT2D eigenvalue weighted by Gasteiger charge is -2.24. The summed E-state index contributed by atoms with van der Waals surface area (Å²) in [7, 11) is -2.83. The molecule has 0 fully saturated rings. The van der Waals surface area contributed by atoms with Gasteiger partial charge >= 0.3 is 0 Å². The van der Waals surface area contributed by atoms with Crippen molar-refractivity contribution < 1.29 is 8.42 Å². The van der Waals surface area contributed by atoms with Gasteiger partial charge in [0.15, 0.2) is 0 Å². The number of hydrogen-bond donors (Lipinski definition) is 1. The van der Waals surface area contributed by atoms with E-state index in [1.807, 2.05) is 0 Å². The Morgan fingerprint density at radius 1 is 1.39 bits per heavy atom. The van der Waals surface area contributed by atoms with Crippen molar-refractivity contribution >= 4 is 15.5 Å². The molecule has 1 N–H and O–H groups in total. The van der Waals surface area contributed by atoms with E-state index in [1.54, 1.807) is 0 Å². The van der Waals surface area contributed by atoms with Crippen molar-refractivity contribution in [3.8, 4) is 0 Å². The number of hydrogen-bond acceptors (Lipinski definition) is 3. The van der Waals surface area contributed by atoms with Crippen molar-refractivity contribution in [2.45, 2.75) is 38.6 Å². The molecule has 18 heavy (non-hydrogen) atoms. The van der Waals surface area contributed by atoms with E-state index in [4.69, 9.17) is 0 Å². The summed E-state index contributed by atoms with van der Waals surface area (Å²) in [5.74, 6) is 0.277. The molecule has 0 spiro atoms. The zero-order valence-corrected chi connectivity index (χ0v) is 11.9. The van der Waals surface area contributed by atoms with E-state index in [-0.39, 0.29) is 5.75 Å². The molecule has 4 heteroatoms. The molecule has 0 aromatic heterocycles. The second kappa shape index (κ2) is 5.31. The molecule has 1 aromatic rings. The smallest absolute Gasteiger partial charge is 0.147 e. The van der Waals surface area contributed by atoms with Crippen LogP contribution >= 0.6 is 0 Å². The van der Waals surface area contributed by atoms with E-state index in [0.717, 1.165) is 12.8 Å². The van der Waals surface area contributed by atoms with Gasteiger partial charge < -0.3 is 5.32 Å². The van der Waals surface area contributed by atoms with Gasteiger partial charge in [-0.05, 0) is 49.8 Å². The third-order valence-corrected chi connectivity index (χ3v) is 4.43. The molecule has 3 nitrogen and oxygen atoms in total. The van der Waals surface area contributed by atoms with E-state index < -0.39 is 9.84 Å². The van der Waals surface area contributed by atoms with Crippen LogP contribution in [-0.2, 0) is 22.7 Å². The monoisotopic (exact) mass is 267 g/mol. The Kier molecular flexibility index (Phi) is 3.95. The first-order chi connectivity index (χ1) is 8.44. The minimum absolute atomic E-state index is 0.277. The zero-order chi connectivity index (χ0) is 13.2. The molecule has 0 saturated heterocycles. The van der Waals surface area contributed by atoms with Gasteiger partial charge in [-0.25, -0.2) is 8.42 Å². The lowest BCUT2D eigenvalue weighted by Crippen LogP contribution is -2.21. The third kappa shape index (κ3) is 3.73. The molecular weight excluding hydrogens is 246 g/mol. The quantitative estimate of drug-likeness (QED) is 0.911. The molecule has 1 unspecified atom stereocenters. The predicted octanol–water partition coefficient (Wildman–Crippen LogP) is 2.41. The van der Waals surface area contributed by atoms with Crippen LogP contribution in [0.3, 0.4) is 0 Å². The fourth-order valence-corrected chi connectivity index (χ4v) is 3.07. The van der Waals surface area contributed by atoms with Gasteiger partial charge in [0.1, 0.15) is 9.84 Å². The number of nitrogens with one attached hydrogen (secondary N) is 1. The van der Waals surface area contributed by atoms with Gasteiger partial charge in [-0.15, -0.1) is 0 Å². The number of aryl methyl sites for hydroxylation is 2. The maximum atomic E-state index is 11.1. The normalized spacial score (nSPS) is 19.1. The molecule has 1 aliphatic rings. The first-order valence-corrected chi connectivity index (χ1v) is 8.56. The van der Waals surface area contributed by atoms with Gasteiger partial charge in [0, 0.05) is 18.0 Å². The SMILES string of the molecule is CC1CCc2cc(CCCS(C)(=O)=O)ccc2N1. The van der Waals surface area contributed by atoms with E-state index in [2.05, 4.69) is 30.4 Å². The second-order valence-electron chi connectivity index (χ2n) is 5.31. The Bertz CT molecular complexity index is 523. The van der Waals surface area contributed by atoms with Crippen molar-refractivity contribution in [1.29, 1.82) is 0 Å². The van der Waals surface area contributed by atoms with Crippen LogP contribution in [0.5, 0.6) is 0 Å². The number of fused-ring (bicyclic) bond motifs is 1. The number of sulfone groups is 1. The average molecular weight is 267 g/mol. The standard InChI is InChI=1S/C14H21NO2S/c1-11-5-7-13-10-12(6-8-14(13)15-11)4-3-9-18(2,16)17/h6,8,10-11,15H,3-5,7,9H2,1-2H3. The van der Waals surface area contributed by atoms with Gasteiger partial charge in [-0.1, -0.05) is 12.1 Å². The minimum Gasteiger partial charge on any atom is -0.382 e. The lowest BCUT2D eigenvalue weighted by molar-refractivity contribution is 0.599. The van der Waals surface area contributed by atoms with E-state index in [9.17, 15) is 8.42 Å². The van der Waals surface area contributed by atoms with E-state index in [0.29, 0.717) is 12.5 Å². The maximum Gasteiger partial charge on any atom is 0.147 e. The maximum absolute atomic E-state index is 11.1. The highest BCUT2D eigenvalue weighted by Crippen LogP contribution is 2.26. The highest BCUT2D eigenvalue weighted by atomic mass is 32.2. The van der Waals surface area contributed by atoms with Crippen LogP contribution in [0.4, 0.5) is 5.69 Å². The lowest BCUT2D eigenvalue weighted by atomic mass is 9.96. The Labute approximate surface area is 110 Å². The van der Waals surface area contributed by atoms with Crippen LogP contribution in [0.15, 0.2) is 18.2 Å². The van der Waals surface area contributed by atoms with Gasteiger partial charge in [0.05, 0.1) is 5.75 Å². The Morgan fingerprint density at radius 2 is 2.17 bits per heavy atom. The third-order valence-electron chi connectivity index (χ3n) is 3.40. The number of benzene rings is 1. The summed E-state index contributed by atoms with van der Waals surface area (Å²) in [6.07, 6.45) is 5.13. The van der Waals surface area contributed by atoms with E-state index >= 15 is 0 Å². The van der Waals surface area contributed by atoms with Crippen molar-refractivity contribution in [2.75, 3.05) is 17.3 Å². The van der Waals surface area contributed by atoms with Crippen LogP contribution in [0.2, 0.25) is 0 Å².